The molecule has 1 heterocycles. The number of piperazine rings is 1. The van der Waals surface area contributed by atoms with Crippen molar-refractivity contribution >= 4 is 17.7 Å². The van der Waals surface area contributed by atoms with Crippen LogP contribution in [0.25, 0.3) is 0 Å². The number of rotatable bonds is 5. The van der Waals surface area contributed by atoms with Crippen molar-refractivity contribution in [2.45, 2.75) is 38.8 Å². The monoisotopic (exact) mass is 271 g/mol. The van der Waals surface area contributed by atoms with Crippen LogP contribution in [0.3, 0.4) is 0 Å². The van der Waals surface area contributed by atoms with Gasteiger partial charge in [-0.05, 0) is 20.3 Å². The van der Waals surface area contributed by atoms with Crippen LogP contribution in [-0.2, 0) is 14.4 Å². The fourth-order valence-corrected chi connectivity index (χ4v) is 2.27. The van der Waals surface area contributed by atoms with Crippen LogP contribution in [-0.4, -0.2) is 47.4 Å². The van der Waals surface area contributed by atoms with E-state index in [1.54, 1.807) is 6.92 Å². The molecule has 1 aliphatic heterocycles. The van der Waals surface area contributed by atoms with E-state index in [1.807, 2.05) is 0 Å². The van der Waals surface area contributed by atoms with Crippen molar-refractivity contribution < 1.29 is 19.5 Å². The molecule has 0 aliphatic carbocycles. The molecule has 1 saturated heterocycles. The van der Waals surface area contributed by atoms with Crippen LogP contribution in [0, 0.1) is 5.41 Å². The van der Waals surface area contributed by atoms with Gasteiger partial charge in [-0.15, -0.1) is 0 Å². The summed E-state index contributed by atoms with van der Waals surface area (Å²) in [5, 5.41) is 14.9. The number of hydrogen-bond donors (Lipinski definition) is 4. The summed E-state index contributed by atoms with van der Waals surface area (Å²) in [6.45, 7) is 5.18. The number of carbonyl (C=O) groups is 3. The lowest BCUT2D eigenvalue weighted by molar-refractivity contribution is -0.165. The summed E-state index contributed by atoms with van der Waals surface area (Å²) < 4.78 is 0. The Hall–Kier alpha value is -1.47. The average Bonchev–Trinajstić information content (AvgIpc) is 2.39. The Morgan fingerprint density at radius 2 is 2.11 bits per heavy atom. The maximum atomic E-state index is 12.4. The third-order valence-corrected chi connectivity index (χ3v) is 4.04. The van der Waals surface area contributed by atoms with E-state index in [-0.39, 0.29) is 0 Å². The molecule has 3 atom stereocenters. The molecule has 7 nitrogen and oxygen atoms in total. The second kappa shape index (κ2) is 5.26. The molecule has 0 aromatic rings. The maximum absolute atomic E-state index is 12.4. The van der Waals surface area contributed by atoms with Gasteiger partial charge in [0.15, 0.2) is 11.2 Å². The number of amides is 1. The lowest BCUT2D eigenvalue weighted by Crippen LogP contribution is -2.73. The van der Waals surface area contributed by atoms with E-state index in [0.29, 0.717) is 19.5 Å². The van der Waals surface area contributed by atoms with Crippen molar-refractivity contribution in [3.05, 3.63) is 0 Å². The normalized spacial score (nSPS) is 28.1. The van der Waals surface area contributed by atoms with Crippen molar-refractivity contribution in [3.63, 3.8) is 0 Å². The fraction of sp³-hybridized carbons (Fsp3) is 0.750. The number of aliphatic carboxylic acids is 1. The summed E-state index contributed by atoms with van der Waals surface area (Å²) in [5.74, 6) is -2.50. The third kappa shape index (κ3) is 2.23. The molecule has 1 fully saturated rings. The minimum absolute atomic E-state index is 0.319. The summed E-state index contributed by atoms with van der Waals surface area (Å²) in [6, 6.07) is -0.908. The lowest BCUT2D eigenvalue weighted by atomic mass is 9.65. The van der Waals surface area contributed by atoms with Crippen LogP contribution in [0.5, 0.6) is 0 Å². The fourth-order valence-electron chi connectivity index (χ4n) is 2.27. The molecular formula is C12H21N3O4. The first kappa shape index (κ1) is 15.6. The maximum Gasteiger partial charge on any atom is 0.319 e. The first-order valence-corrected chi connectivity index (χ1v) is 6.28. The van der Waals surface area contributed by atoms with Gasteiger partial charge < -0.3 is 21.5 Å². The van der Waals surface area contributed by atoms with Crippen molar-refractivity contribution in [3.8, 4) is 0 Å². The van der Waals surface area contributed by atoms with E-state index in [9.17, 15) is 19.5 Å². The summed E-state index contributed by atoms with van der Waals surface area (Å²) in [6.07, 6.45) is 0.319. The Morgan fingerprint density at radius 3 is 2.53 bits per heavy atom. The van der Waals surface area contributed by atoms with Gasteiger partial charge in [0.25, 0.3) is 0 Å². The summed E-state index contributed by atoms with van der Waals surface area (Å²) in [7, 11) is 0. The van der Waals surface area contributed by atoms with E-state index in [0.717, 1.165) is 0 Å². The molecule has 1 aliphatic rings. The summed E-state index contributed by atoms with van der Waals surface area (Å²) in [5.41, 5.74) is 2.26. The average molecular weight is 271 g/mol. The molecule has 0 aromatic heterocycles. The van der Waals surface area contributed by atoms with Gasteiger partial charge in [-0.25, -0.2) is 0 Å². The molecule has 0 aromatic carbocycles. The molecular weight excluding hydrogens is 250 g/mol. The predicted molar refractivity (Wildman–Crippen MR) is 68.4 cm³/mol. The second-order valence-electron chi connectivity index (χ2n) is 5.12. The molecule has 5 N–H and O–H groups in total. The number of nitrogens with two attached hydrogens (primary N) is 1. The topological polar surface area (TPSA) is 122 Å². The zero-order valence-corrected chi connectivity index (χ0v) is 11.4. The Bertz CT molecular complexity index is 412. The SMILES string of the molecule is CCC(N)C(=O)C(C)(C(=O)O)C1(C)NCCNC1=O. The van der Waals surface area contributed by atoms with E-state index in [2.05, 4.69) is 10.6 Å². The molecule has 0 spiro atoms. The van der Waals surface area contributed by atoms with Crippen LogP contribution in [0.2, 0.25) is 0 Å². The van der Waals surface area contributed by atoms with Crippen molar-refractivity contribution in [2.75, 3.05) is 13.1 Å². The number of Topliss-reactive ketones (excluding diaryl/α,β-unsaturated/α-hetero) is 1. The van der Waals surface area contributed by atoms with Crippen LogP contribution in [0.15, 0.2) is 0 Å². The van der Waals surface area contributed by atoms with Crippen LogP contribution >= 0.6 is 0 Å². The minimum Gasteiger partial charge on any atom is -0.480 e. The van der Waals surface area contributed by atoms with Crippen LogP contribution in [0.4, 0.5) is 0 Å². The number of hydrogen-bond acceptors (Lipinski definition) is 5. The van der Waals surface area contributed by atoms with Gasteiger partial charge in [-0.2, -0.15) is 0 Å². The Kier molecular flexibility index (Phi) is 4.32. The van der Waals surface area contributed by atoms with Gasteiger partial charge in [-0.3, -0.25) is 14.4 Å². The quantitative estimate of drug-likeness (QED) is 0.469. The van der Waals surface area contributed by atoms with Crippen LogP contribution < -0.4 is 16.4 Å². The van der Waals surface area contributed by atoms with E-state index >= 15 is 0 Å². The Morgan fingerprint density at radius 1 is 1.53 bits per heavy atom. The predicted octanol–water partition coefficient (Wildman–Crippen LogP) is -1.14. The van der Waals surface area contributed by atoms with Gasteiger partial charge in [0.05, 0.1) is 6.04 Å². The van der Waals surface area contributed by atoms with Crippen LogP contribution in [0.1, 0.15) is 27.2 Å². The third-order valence-electron chi connectivity index (χ3n) is 4.04. The highest BCUT2D eigenvalue weighted by atomic mass is 16.4. The number of carbonyl (C=O) groups excluding carboxylic acids is 2. The van der Waals surface area contributed by atoms with Gasteiger partial charge in [0, 0.05) is 13.1 Å². The number of carboxylic acid groups (broad SMARTS) is 1. The van der Waals surface area contributed by atoms with E-state index in [4.69, 9.17) is 5.73 Å². The minimum atomic E-state index is -1.91. The first-order chi connectivity index (χ1) is 8.71. The molecule has 1 rings (SSSR count). The van der Waals surface area contributed by atoms with Gasteiger partial charge in [-0.1, -0.05) is 6.92 Å². The molecule has 1 amide bonds. The van der Waals surface area contributed by atoms with Crippen molar-refractivity contribution in [1.29, 1.82) is 0 Å². The van der Waals surface area contributed by atoms with E-state index in [1.165, 1.54) is 13.8 Å². The highest BCUT2D eigenvalue weighted by molar-refractivity contribution is 6.11. The van der Waals surface area contributed by atoms with E-state index < -0.39 is 34.7 Å². The molecule has 0 radical (unpaired) electrons. The Balaban J connectivity index is 3.29. The standard InChI is InChI=1S/C12H21N3O4/c1-4-7(13)8(16)11(2,10(18)19)12(3)9(17)14-5-6-15-12/h7,15H,4-6,13H2,1-3H3,(H,14,17)(H,18,19). The molecule has 0 bridgehead atoms. The zero-order valence-electron chi connectivity index (χ0n) is 11.4. The first-order valence-electron chi connectivity index (χ1n) is 6.28. The highest BCUT2D eigenvalue weighted by Crippen LogP contribution is 2.35. The number of carboxylic acids is 1. The summed E-state index contributed by atoms with van der Waals surface area (Å²) in [4.78, 5) is 36.1. The molecule has 108 valence electrons. The number of nitrogens with one attached hydrogen (secondary N) is 2. The molecule has 19 heavy (non-hydrogen) atoms. The van der Waals surface area contributed by atoms with Gasteiger partial charge in [0.2, 0.25) is 5.91 Å². The van der Waals surface area contributed by atoms with Gasteiger partial charge in [0.1, 0.15) is 5.54 Å². The largest absolute Gasteiger partial charge is 0.480 e. The summed E-state index contributed by atoms with van der Waals surface area (Å²) >= 11 is 0. The Labute approximate surface area is 111 Å². The van der Waals surface area contributed by atoms with Crippen molar-refractivity contribution in [2.24, 2.45) is 11.1 Å². The number of ketones is 1. The van der Waals surface area contributed by atoms with Gasteiger partial charge >= 0.3 is 5.97 Å². The highest BCUT2D eigenvalue weighted by Gasteiger charge is 2.61. The smallest absolute Gasteiger partial charge is 0.319 e. The second-order valence-corrected chi connectivity index (χ2v) is 5.12. The van der Waals surface area contributed by atoms with Crippen molar-refractivity contribution in [1.82, 2.24) is 10.6 Å². The molecule has 0 saturated carbocycles. The molecule has 7 heteroatoms. The zero-order chi connectivity index (χ0) is 14.8. The lowest BCUT2D eigenvalue weighted by Gasteiger charge is -2.44. The molecule has 3 unspecified atom stereocenters.